The van der Waals surface area contributed by atoms with Crippen molar-refractivity contribution in [2.75, 3.05) is 5.32 Å². The fourth-order valence-corrected chi connectivity index (χ4v) is 1.46. The molecule has 0 saturated heterocycles. The van der Waals surface area contributed by atoms with E-state index in [0.29, 0.717) is 11.4 Å². The van der Waals surface area contributed by atoms with Crippen LogP contribution in [0.25, 0.3) is 0 Å². The fourth-order valence-electron chi connectivity index (χ4n) is 1.46. The number of nitrogens with zero attached hydrogens (tertiary/aromatic N) is 5. The van der Waals surface area contributed by atoms with Crippen LogP contribution in [0.15, 0.2) is 12.4 Å². The highest BCUT2D eigenvalue weighted by Gasteiger charge is 2.11. The van der Waals surface area contributed by atoms with E-state index in [2.05, 4.69) is 26.7 Å². The van der Waals surface area contributed by atoms with Crippen molar-refractivity contribution in [3.05, 3.63) is 29.2 Å². The molecule has 0 spiro atoms. The van der Waals surface area contributed by atoms with Crippen LogP contribution in [0.5, 0.6) is 0 Å². The van der Waals surface area contributed by atoms with Gasteiger partial charge in [-0.3, -0.25) is 4.68 Å². The SMILES string of the molecule is Cc1nnc(Nc2cnn(C)c2)c(C#N)c1C. The number of hydrogen-bond donors (Lipinski definition) is 1. The van der Waals surface area contributed by atoms with E-state index >= 15 is 0 Å². The van der Waals surface area contributed by atoms with E-state index in [1.54, 1.807) is 17.1 Å². The average molecular weight is 228 g/mol. The molecule has 86 valence electrons. The fraction of sp³-hybridized carbons (Fsp3) is 0.273. The zero-order valence-corrected chi connectivity index (χ0v) is 9.89. The van der Waals surface area contributed by atoms with Gasteiger partial charge in [0.1, 0.15) is 11.6 Å². The topological polar surface area (TPSA) is 79.4 Å². The van der Waals surface area contributed by atoms with E-state index in [1.165, 1.54) is 0 Å². The summed E-state index contributed by atoms with van der Waals surface area (Å²) < 4.78 is 1.67. The molecule has 0 aliphatic rings. The number of aryl methyl sites for hydroxylation is 2. The molecule has 0 bridgehead atoms. The third-order valence-electron chi connectivity index (χ3n) is 2.53. The van der Waals surface area contributed by atoms with E-state index in [9.17, 15) is 0 Å². The predicted molar refractivity (Wildman–Crippen MR) is 62.7 cm³/mol. The van der Waals surface area contributed by atoms with Crippen molar-refractivity contribution in [1.82, 2.24) is 20.0 Å². The minimum atomic E-state index is 0.462. The molecule has 0 saturated carbocycles. The molecule has 0 fully saturated rings. The van der Waals surface area contributed by atoms with Gasteiger partial charge in [0.05, 0.1) is 17.6 Å². The molecule has 0 aliphatic heterocycles. The van der Waals surface area contributed by atoms with Gasteiger partial charge in [-0.1, -0.05) is 0 Å². The summed E-state index contributed by atoms with van der Waals surface area (Å²) in [6.07, 6.45) is 3.47. The van der Waals surface area contributed by atoms with Gasteiger partial charge in [-0.05, 0) is 19.4 Å². The van der Waals surface area contributed by atoms with Gasteiger partial charge in [-0.25, -0.2) is 0 Å². The molecule has 0 unspecified atom stereocenters. The van der Waals surface area contributed by atoms with Gasteiger partial charge in [-0.2, -0.15) is 15.5 Å². The number of nitrogens with one attached hydrogen (secondary N) is 1. The van der Waals surface area contributed by atoms with Crippen molar-refractivity contribution in [2.24, 2.45) is 7.05 Å². The Morgan fingerprint density at radius 2 is 2.12 bits per heavy atom. The van der Waals surface area contributed by atoms with E-state index in [4.69, 9.17) is 5.26 Å². The molecule has 2 aromatic heterocycles. The molecule has 6 nitrogen and oxygen atoms in total. The van der Waals surface area contributed by atoms with Crippen molar-refractivity contribution < 1.29 is 0 Å². The van der Waals surface area contributed by atoms with Crippen LogP contribution in [0.2, 0.25) is 0 Å². The first-order chi connectivity index (χ1) is 8.11. The zero-order valence-electron chi connectivity index (χ0n) is 9.89. The van der Waals surface area contributed by atoms with Crippen molar-refractivity contribution in [2.45, 2.75) is 13.8 Å². The van der Waals surface area contributed by atoms with Gasteiger partial charge < -0.3 is 5.32 Å². The largest absolute Gasteiger partial charge is 0.335 e. The molecule has 6 heteroatoms. The molecule has 2 rings (SSSR count). The first-order valence-corrected chi connectivity index (χ1v) is 5.11. The van der Waals surface area contributed by atoms with Crippen molar-refractivity contribution in [1.29, 1.82) is 5.26 Å². The second kappa shape index (κ2) is 4.22. The van der Waals surface area contributed by atoms with E-state index in [0.717, 1.165) is 16.9 Å². The third-order valence-corrected chi connectivity index (χ3v) is 2.53. The van der Waals surface area contributed by atoms with Crippen LogP contribution < -0.4 is 5.32 Å². The minimum Gasteiger partial charge on any atom is -0.335 e. The molecule has 0 aliphatic carbocycles. The highest BCUT2D eigenvalue weighted by Crippen LogP contribution is 2.20. The lowest BCUT2D eigenvalue weighted by molar-refractivity contribution is 0.768. The van der Waals surface area contributed by atoms with Crippen LogP contribution in [-0.2, 0) is 7.05 Å². The maximum Gasteiger partial charge on any atom is 0.171 e. The minimum absolute atomic E-state index is 0.462. The molecular weight excluding hydrogens is 216 g/mol. The summed E-state index contributed by atoms with van der Waals surface area (Å²) in [4.78, 5) is 0. The Bertz CT molecular complexity index is 592. The van der Waals surface area contributed by atoms with Crippen LogP contribution in [0.1, 0.15) is 16.8 Å². The molecule has 0 amide bonds. The normalized spacial score (nSPS) is 10.0. The van der Waals surface area contributed by atoms with E-state index in [-0.39, 0.29) is 0 Å². The number of anilines is 2. The first-order valence-electron chi connectivity index (χ1n) is 5.11. The van der Waals surface area contributed by atoms with Gasteiger partial charge in [0.15, 0.2) is 5.82 Å². The van der Waals surface area contributed by atoms with Gasteiger partial charge in [0.2, 0.25) is 0 Å². The van der Waals surface area contributed by atoms with E-state index < -0.39 is 0 Å². The standard InChI is InChI=1S/C11H12N6/c1-7-8(2)15-16-11(10(7)4-12)14-9-5-13-17(3)6-9/h5-6H,1-3H3,(H,14,16). The summed E-state index contributed by atoms with van der Waals surface area (Å²) in [7, 11) is 1.82. The molecule has 1 N–H and O–H groups in total. The van der Waals surface area contributed by atoms with Crippen LogP contribution in [0.3, 0.4) is 0 Å². The Kier molecular flexibility index (Phi) is 2.75. The quantitative estimate of drug-likeness (QED) is 0.841. The summed E-state index contributed by atoms with van der Waals surface area (Å²) in [5.41, 5.74) is 2.90. The van der Waals surface area contributed by atoms with Gasteiger partial charge in [0.25, 0.3) is 0 Å². The number of rotatable bonds is 2. The number of nitriles is 1. The van der Waals surface area contributed by atoms with Crippen LogP contribution in [-0.4, -0.2) is 20.0 Å². The molecule has 2 aromatic rings. The van der Waals surface area contributed by atoms with Crippen LogP contribution in [0.4, 0.5) is 11.5 Å². The lowest BCUT2D eigenvalue weighted by Crippen LogP contribution is -2.03. The molecule has 17 heavy (non-hydrogen) atoms. The molecule has 0 aromatic carbocycles. The monoisotopic (exact) mass is 228 g/mol. The Morgan fingerprint density at radius 3 is 2.71 bits per heavy atom. The Labute approximate surface area is 98.9 Å². The number of hydrogen-bond acceptors (Lipinski definition) is 5. The molecule has 2 heterocycles. The summed E-state index contributed by atoms with van der Waals surface area (Å²) in [6.45, 7) is 3.69. The lowest BCUT2D eigenvalue weighted by atomic mass is 10.1. The smallest absolute Gasteiger partial charge is 0.171 e. The Morgan fingerprint density at radius 1 is 1.35 bits per heavy atom. The Balaban J connectivity index is 2.40. The summed E-state index contributed by atoms with van der Waals surface area (Å²) in [6, 6.07) is 2.14. The summed E-state index contributed by atoms with van der Waals surface area (Å²) >= 11 is 0. The first kappa shape index (κ1) is 11.1. The maximum atomic E-state index is 9.13. The van der Waals surface area contributed by atoms with Crippen LogP contribution >= 0.6 is 0 Å². The average Bonchev–Trinajstić information content (AvgIpc) is 2.70. The molecule has 0 atom stereocenters. The van der Waals surface area contributed by atoms with Gasteiger partial charge >= 0.3 is 0 Å². The van der Waals surface area contributed by atoms with Gasteiger partial charge in [0, 0.05) is 13.2 Å². The zero-order chi connectivity index (χ0) is 12.4. The van der Waals surface area contributed by atoms with E-state index in [1.807, 2.05) is 20.9 Å². The van der Waals surface area contributed by atoms with Crippen molar-refractivity contribution in [3.8, 4) is 6.07 Å². The Hall–Kier alpha value is -2.42. The highest BCUT2D eigenvalue weighted by molar-refractivity contribution is 5.63. The van der Waals surface area contributed by atoms with Crippen molar-refractivity contribution >= 4 is 11.5 Å². The van der Waals surface area contributed by atoms with Crippen LogP contribution in [0, 0.1) is 25.2 Å². The lowest BCUT2D eigenvalue weighted by Gasteiger charge is -2.07. The van der Waals surface area contributed by atoms with Crippen molar-refractivity contribution in [3.63, 3.8) is 0 Å². The third kappa shape index (κ3) is 2.08. The maximum absolute atomic E-state index is 9.13. The second-order valence-electron chi connectivity index (χ2n) is 3.77. The molecule has 0 radical (unpaired) electrons. The predicted octanol–water partition coefficient (Wildman–Crippen LogP) is 1.44. The van der Waals surface area contributed by atoms with Gasteiger partial charge in [-0.15, -0.1) is 5.10 Å². The molecular formula is C11H12N6. The second-order valence-corrected chi connectivity index (χ2v) is 3.77. The highest BCUT2D eigenvalue weighted by atomic mass is 15.3. The number of aromatic nitrogens is 4. The summed E-state index contributed by atoms with van der Waals surface area (Å²) in [5.74, 6) is 0.462. The summed E-state index contributed by atoms with van der Waals surface area (Å²) in [5, 5.41) is 24.2.